The first-order valence-electron chi connectivity index (χ1n) is 7.07. The molecule has 0 aliphatic carbocycles. The third-order valence-electron chi connectivity index (χ3n) is 4.00. The molecule has 0 atom stereocenters. The van der Waals surface area contributed by atoms with Gasteiger partial charge >= 0.3 is 0 Å². The van der Waals surface area contributed by atoms with Crippen LogP contribution in [-0.4, -0.2) is 9.55 Å². The molecule has 0 N–H and O–H groups in total. The topological polar surface area (TPSA) is 21.7 Å². The van der Waals surface area contributed by atoms with Gasteiger partial charge in [-0.2, -0.15) is 4.57 Å². The Morgan fingerprint density at radius 3 is 2.76 bits per heavy atom. The van der Waals surface area contributed by atoms with Crippen molar-refractivity contribution in [2.24, 2.45) is 7.05 Å². The van der Waals surface area contributed by atoms with Crippen molar-refractivity contribution in [3.63, 3.8) is 0 Å². The van der Waals surface area contributed by atoms with E-state index in [1.807, 2.05) is 18.3 Å². The van der Waals surface area contributed by atoms with Gasteiger partial charge in [0.25, 0.3) is 5.82 Å². The highest BCUT2D eigenvalue weighted by Crippen LogP contribution is 2.31. The molecule has 0 saturated heterocycles. The lowest BCUT2D eigenvalue weighted by molar-refractivity contribution is -0.665. The van der Waals surface area contributed by atoms with Crippen molar-refractivity contribution in [2.75, 3.05) is 0 Å². The van der Waals surface area contributed by atoms with Gasteiger partial charge in [0.1, 0.15) is 11.0 Å². The van der Waals surface area contributed by atoms with Crippen LogP contribution in [0.1, 0.15) is 5.56 Å². The van der Waals surface area contributed by atoms with Crippen molar-refractivity contribution in [1.82, 2.24) is 9.55 Å². The normalized spacial score (nSPS) is 11.3. The zero-order chi connectivity index (χ0) is 14.4. The predicted octanol–water partition coefficient (Wildman–Crippen LogP) is 3.31. The Morgan fingerprint density at radius 2 is 1.90 bits per heavy atom. The minimum Gasteiger partial charge on any atom is -0.252 e. The SMILES string of the molecule is Cc1cccc2c3ncccc3n(-c3cccc[n+]3C)c12. The number of hydrogen-bond donors (Lipinski definition) is 0. The van der Waals surface area contributed by atoms with Gasteiger partial charge in [0.05, 0.1) is 18.6 Å². The Labute approximate surface area is 123 Å². The third-order valence-corrected chi connectivity index (χ3v) is 4.00. The van der Waals surface area contributed by atoms with Crippen LogP contribution in [0.4, 0.5) is 0 Å². The fraction of sp³-hybridized carbons (Fsp3) is 0.111. The maximum absolute atomic E-state index is 4.60. The van der Waals surface area contributed by atoms with Gasteiger partial charge in [0.15, 0.2) is 5.52 Å². The molecule has 0 radical (unpaired) electrons. The van der Waals surface area contributed by atoms with Gasteiger partial charge in [-0.3, -0.25) is 4.98 Å². The molecule has 0 aliphatic heterocycles. The summed E-state index contributed by atoms with van der Waals surface area (Å²) < 4.78 is 4.44. The highest BCUT2D eigenvalue weighted by molar-refractivity contribution is 6.07. The first kappa shape index (κ1) is 12.1. The molecule has 0 spiro atoms. The maximum atomic E-state index is 4.60. The minimum atomic E-state index is 1.06. The molecular weight excluding hydrogens is 258 g/mol. The zero-order valence-electron chi connectivity index (χ0n) is 12.1. The van der Waals surface area contributed by atoms with Gasteiger partial charge in [-0.25, -0.2) is 4.57 Å². The number of nitrogens with zero attached hydrogens (tertiary/aromatic N) is 3. The van der Waals surface area contributed by atoms with Crippen molar-refractivity contribution in [3.05, 3.63) is 66.5 Å². The smallest absolute Gasteiger partial charge is 0.252 e. The highest BCUT2D eigenvalue weighted by atomic mass is 15.1. The zero-order valence-corrected chi connectivity index (χ0v) is 12.1. The third kappa shape index (κ3) is 1.67. The highest BCUT2D eigenvalue weighted by Gasteiger charge is 2.21. The Morgan fingerprint density at radius 1 is 1.00 bits per heavy atom. The molecule has 21 heavy (non-hydrogen) atoms. The molecule has 4 rings (SSSR count). The van der Waals surface area contributed by atoms with Gasteiger partial charge in [-0.15, -0.1) is 0 Å². The minimum absolute atomic E-state index is 1.06. The molecule has 3 heteroatoms. The first-order valence-corrected chi connectivity index (χ1v) is 7.07. The van der Waals surface area contributed by atoms with Crippen molar-refractivity contribution in [1.29, 1.82) is 0 Å². The van der Waals surface area contributed by atoms with E-state index < -0.39 is 0 Å². The lowest BCUT2D eigenvalue weighted by Gasteiger charge is -2.04. The summed E-state index contributed by atoms with van der Waals surface area (Å²) in [6.45, 7) is 2.15. The summed E-state index contributed by atoms with van der Waals surface area (Å²) in [6, 6.07) is 16.8. The summed E-state index contributed by atoms with van der Waals surface area (Å²) in [5.74, 6) is 1.14. The van der Waals surface area contributed by atoms with E-state index in [2.05, 4.69) is 70.7 Å². The summed E-state index contributed by atoms with van der Waals surface area (Å²) in [4.78, 5) is 4.60. The van der Waals surface area contributed by atoms with E-state index in [1.165, 1.54) is 16.5 Å². The number of benzene rings is 1. The summed E-state index contributed by atoms with van der Waals surface area (Å²) in [5, 5.41) is 1.20. The van der Waals surface area contributed by atoms with Gasteiger partial charge in [-0.1, -0.05) is 18.2 Å². The van der Waals surface area contributed by atoms with Crippen LogP contribution in [0.2, 0.25) is 0 Å². The second-order valence-corrected chi connectivity index (χ2v) is 5.35. The maximum Gasteiger partial charge on any atom is 0.286 e. The number of pyridine rings is 2. The van der Waals surface area contributed by atoms with Crippen molar-refractivity contribution >= 4 is 21.9 Å². The second kappa shape index (κ2) is 4.42. The largest absolute Gasteiger partial charge is 0.286 e. The summed E-state index contributed by atoms with van der Waals surface area (Å²) in [6.07, 6.45) is 3.93. The van der Waals surface area contributed by atoms with Gasteiger partial charge in [0.2, 0.25) is 0 Å². The lowest BCUT2D eigenvalue weighted by Crippen LogP contribution is -2.33. The molecular formula is C18H16N3+. The Balaban J connectivity index is 2.28. The summed E-state index contributed by atoms with van der Waals surface area (Å²) in [5.41, 5.74) is 4.69. The molecule has 0 fully saturated rings. The van der Waals surface area contributed by atoms with Gasteiger partial charge in [0, 0.05) is 12.3 Å². The molecule has 3 nitrogen and oxygen atoms in total. The van der Waals surface area contributed by atoms with Crippen LogP contribution in [0, 0.1) is 6.92 Å². The van der Waals surface area contributed by atoms with Crippen LogP contribution in [0.25, 0.3) is 27.8 Å². The van der Waals surface area contributed by atoms with Gasteiger partial charge in [-0.05, 0) is 36.8 Å². The number of aromatic nitrogens is 3. The standard InChI is InChI=1S/C18H16N3/c1-13-7-5-8-14-17-15(9-6-11-19-17)21(18(13)14)16-10-3-4-12-20(16)2/h3-12H,1-2H3/q+1. The van der Waals surface area contributed by atoms with Gasteiger partial charge < -0.3 is 0 Å². The molecule has 0 amide bonds. The van der Waals surface area contributed by atoms with Crippen LogP contribution < -0.4 is 4.57 Å². The van der Waals surface area contributed by atoms with E-state index in [9.17, 15) is 0 Å². The molecule has 3 heterocycles. The molecule has 4 aromatic rings. The first-order chi connectivity index (χ1) is 10.3. The van der Waals surface area contributed by atoms with E-state index in [-0.39, 0.29) is 0 Å². The number of rotatable bonds is 1. The molecule has 0 bridgehead atoms. The molecule has 0 aliphatic rings. The van der Waals surface area contributed by atoms with Crippen LogP contribution in [0.3, 0.4) is 0 Å². The average Bonchev–Trinajstić information content (AvgIpc) is 2.84. The fourth-order valence-corrected chi connectivity index (χ4v) is 3.04. The van der Waals surface area contributed by atoms with Crippen molar-refractivity contribution in [2.45, 2.75) is 6.92 Å². The Kier molecular flexibility index (Phi) is 2.54. The average molecular weight is 274 g/mol. The number of aryl methyl sites for hydroxylation is 2. The molecule has 1 aromatic carbocycles. The van der Waals surface area contributed by atoms with Crippen LogP contribution in [0.15, 0.2) is 60.9 Å². The van der Waals surface area contributed by atoms with Crippen molar-refractivity contribution < 1.29 is 4.57 Å². The molecule has 0 unspecified atom stereocenters. The van der Waals surface area contributed by atoms with Crippen molar-refractivity contribution in [3.8, 4) is 5.82 Å². The number of hydrogen-bond acceptors (Lipinski definition) is 1. The van der Waals surface area contributed by atoms with E-state index in [1.54, 1.807) is 0 Å². The fourth-order valence-electron chi connectivity index (χ4n) is 3.04. The van der Waals surface area contributed by atoms with E-state index in [0.717, 1.165) is 16.9 Å². The number of fused-ring (bicyclic) bond motifs is 3. The Hall–Kier alpha value is -2.68. The Bertz CT molecular complexity index is 967. The molecule has 3 aromatic heterocycles. The summed E-state index contributed by atoms with van der Waals surface area (Å²) in [7, 11) is 2.07. The second-order valence-electron chi connectivity index (χ2n) is 5.35. The summed E-state index contributed by atoms with van der Waals surface area (Å²) >= 11 is 0. The molecule has 102 valence electrons. The number of para-hydroxylation sites is 1. The molecule has 0 saturated carbocycles. The van der Waals surface area contributed by atoms with Crippen LogP contribution >= 0.6 is 0 Å². The van der Waals surface area contributed by atoms with E-state index >= 15 is 0 Å². The predicted molar refractivity (Wildman–Crippen MR) is 84.5 cm³/mol. The lowest BCUT2D eigenvalue weighted by atomic mass is 10.1. The quantitative estimate of drug-likeness (QED) is 0.488. The van der Waals surface area contributed by atoms with E-state index in [0.29, 0.717) is 0 Å². The van der Waals surface area contributed by atoms with E-state index in [4.69, 9.17) is 0 Å². The monoisotopic (exact) mass is 274 g/mol. The van der Waals surface area contributed by atoms with Crippen LogP contribution in [0.5, 0.6) is 0 Å². The van der Waals surface area contributed by atoms with Crippen LogP contribution in [-0.2, 0) is 7.05 Å².